The van der Waals surface area contributed by atoms with Gasteiger partial charge in [-0.25, -0.2) is 4.68 Å². The number of aliphatic hydroxyl groups excluding tert-OH is 1. The van der Waals surface area contributed by atoms with Gasteiger partial charge in [0.25, 0.3) is 11.8 Å². The summed E-state index contributed by atoms with van der Waals surface area (Å²) in [4.78, 5) is 30.3. The predicted octanol–water partition coefficient (Wildman–Crippen LogP) is 9.93. The Morgan fingerprint density at radius 2 is 1.46 bits per heavy atom. The van der Waals surface area contributed by atoms with Crippen molar-refractivity contribution in [2.24, 2.45) is 4.99 Å². The second-order valence-corrected chi connectivity index (χ2v) is 27.3. The third kappa shape index (κ3) is 15.8. The van der Waals surface area contributed by atoms with Gasteiger partial charge in [0.2, 0.25) is 0 Å². The Hall–Kier alpha value is -7.50. The summed E-state index contributed by atoms with van der Waals surface area (Å²) in [5, 5.41) is 46.9. The second kappa shape index (κ2) is 26.2. The van der Waals surface area contributed by atoms with Crippen molar-refractivity contribution in [1.82, 2.24) is 29.3 Å². The van der Waals surface area contributed by atoms with Crippen LogP contribution in [-0.2, 0) is 56.4 Å². The van der Waals surface area contributed by atoms with Crippen molar-refractivity contribution < 1.29 is 33.5 Å². The molecule has 0 unspecified atom stereocenters. The molecule has 78 heavy (non-hydrogen) atoms. The summed E-state index contributed by atoms with van der Waals surface area (Å²) in [6.07, 6.45) is 8.86. The molecule has 2 aliphatic rings. The summed E-state index contributed by atoms with van der Waals surface area (Å²) >= 11 is 3.49. The molecule has 0 aliphatic carbocycles. The first-order chi connectivity index (χ1) is 37.3. The lowest BCUT2D eigenvalue weighted by Crippen LogP contribution is -2.41. The Balaban J connectivity index is 0.000000184. The summed E-state index contributed by atoms with van der Waals surface area (Å²) in [5.41, 5.74) is 8.05. The fraction of sp³-hybridized carbons (Fsp3) is 0.333. The van der Waals surface area contributed by atoms with Gasteiger partial charge in [-0.2, -0.15) is 25.8 Å². The molecule has 21 heteroatoms. The average Bonchev–Trinajstić information content (AvgIpc) is 4.29. The lowest BCUT2D eigenvalue weighted by molar-refractivity contribution is -0.110. The fourth-order valence-corrected chi connectivity index (χ4v) is 9.22. The van der Waals surface area contributed by atoms with Crippen LogP contribution in [0.25, 0.3) is 10.9 Å². The minimum atomic E-state index is -1.19. The number of hydrogen-bond donors (Lipinski definition) is 3. The van der Waals surface area contributed by atoms with Crippen molar-refractivity contribution in [2.75, 3.05) is 30.5 Å². The van der Waals surface area contributed by atoms with E-state index >= 15 is 0 Å². The third-order valence-corrected chi connectivity index (χ3v) is 15.1. The molecule has 404 valence electrons. The highest BCUT2D eigenvalue weighted by Gasteiger charge is 2.50. The number of ether oxygens (including phenoxy) is 2. The minimum absolute atomic E-state index is 0.0634. The number of hydrogen-bond acceptors (Lipinski definition) is 13. The van der Waals surface area contributed by atoms with Crippen LogP contribution in [0.1, 0.15) is 84.1 Å². The quantitative estimate of drug-likeness (QED) is 0.0414. The van der Waals surface area contributed by atoms with Crippen molar-refractivity contribution in [3.05, 3.63) is 171 Å². The third-order valence-electron chi connectivity index (χ3n) is 12.9. The molecule has 3 aromatic heterocycles. The number of amides is 2. The summed E-state index contributed by atoms with van der Waals surface area (Å²) < 4.78 is 28.4. The second-order valence-electron chi connectivity index (χ2n) is 20.8. The average molecular weight is 1140 g/mol. The molecule has 0 spiro atoms. The maximum absolute atomic E-state index is 13.2. The number of nitrogens with one attached hydrogen (secondary N) is 2. The summed E-state index contributed by atoms with van der Waals surface area (Å²) in [7, 11) is -1.49. The molecule has 3 N–H and O–H groups in total. The fourth-order valence-electron chi connectivity index (χ4n) is 8.10. The van der Waals surface area contributed by atoms with Crippen LogP contribution in [-0.4, -0.2) is 98.2 Å². The maximum atomic E-state index is 13.2. The Labute approximate surface area is 465 Å². The van der Waals surface area contributed by atoms with E-state index in [1.54, 1.807) is 63.2 Å². The minimum Gasteiger partial charge on any atom is -0.502 e. The van der Waals surface area contributed by atoms with Gasteiger partial charge in [0, 0.05) is 49.1 Å². The Morgan fingerprint density at radius 3 is 2.04 bits per heavy atom. The van der Waals surface area contributed by atoms with Crippen molar-refractivity contribution in [1.29, 1.82) is 10.5 Å². The molecular weight excluding hydrogens is 1070 g/mol. The van der Waals surface area contributed by atoms with Crippen LogP contribution in [0.3, 0.4) is 0 Å². The molecule has 0 saturated carbocycles. The summed E-state index contributed by atoms with van der Waals surface area (Å²) in [5.74, 6) is 1.19. The summed E-state index contributed by atoms with van der Waals surface area (Å²) in [6, 6.07) is 31.6. The molecule has 2 amide bonds. The van der Waals surface area contributed by atoms with E-state index < -0.39 is 8.07 Å². The highest BCUT2D eigenvalue weighted by molar-refractivity contribution is 9.10. The van der Waals surface area contributed by atoms with Crippen molar-refractivity contribution in [3.63, 3.8) is 0 Å². The number of nitriles is 2. The highest BCUT2D eigenvalue weighted by Crippen LogP contribution is 2.37. The Morgan fingerprint density at radius 1 is 0.846 bits per heavy atom. The Bertz CT molecular complexity index is 3370. The zero-order valence-electron chi connectivity index (χ0n) is 45.3. The molecule has 0 atom stereocenters. The zero-order chi connectivity index (χ0) is 56.0. The van der Waals surface area contributed by atoms with Gasteiger partial charge in [-0.3, -0.25) is 23.9 Å². The topological polar surface area (TPSA) is 229 Å². The molecule has 5 heterocycles. The number of aliphatic hydroxyl groups is 1. The molecule has 1 saturated heterocycles. The molecule has 0 bridgehead atoms. The lowest BCUT2D eigenvalue weighted by Gasteiger charge is -2.32. The van der Waals surface area contributed by atoms with Crippen molar-refractivity contribution in [2.45, 2.75) is 104 Å². The van der Waals surface area contributed by atoms with E-state index in [1.807, 2.05) is 107 Å². The normalized spacial score (nSPS) is 14.1. The first kappa shape index (κ1) is 58.2. The summed E-state index contributed by atoms with van der Waals surface area (Å²) in [6.45, 7) is 20.1. The first-order valence-corrected chi connectivity index (χ1v) is 30.1. The molecule has 7 aromatic rings. The van der Waals surface area contributed by atoms with Gasteiger partial charge in [0.1, 0.15) is 12.4 Å². The molecule has 1 fully saturated rings. The molecule has 2 aliphatic heterocycles. The number of aromatic nitrogens is 6. The number of carbonyl (C=O) groups is 2. The van der Waals surface area contributed by atoms with Gasteiger partial charge < -0.3 is 34.5 Å². The van der Waals surface area contributed by atoms with Gasteiger partial charge in [-0.1, -0.05) is 72.0 Å². The molecule has 9 rings (SSSR count). The number of rotatable bonds is 18. The van der Waals surface area contributed by atoms with Gasteiger partial charge in [-0.15, -0.1) is 0 Å². The molecule has 18 nitrogen and oxygen atoms in total. The largest absolute Gasteiger partial charge is 0.502 e. The maximum Gasteiger partial charge on any atom is 0.490 e. The van der Waals surface area contributed by atoms with Crippen LogP contribution in [0.2, 0.25) is 25.7 Å². The van der Waals surface area contributed by atoms with Crippen LogP contribution in [0.5, 0.6) is 0 Å². The van der Waals surface area contributed by atoms with Crippen LogP contribution in [0.4, 0.5) is 11.4 Å². The van der Waals surface area contributed by atoms with Crippen LogP contribution >= 0.6 is 15.9 Å². The van der Waals surface area contributed by atoms with E-state index in [4.69, 9.17) is 34.4 Å². The molecule has 0 radical (unpaired) electrons. The number of benzene rings is 4. The number of aliphatic imine (C=N–C) groups is 1. The van der Waals surface area contributed by atoms with Crippen LogP contribution in [0.15, 0.2) is 131 Å². The molecule has 4 aromatic carbocycles. The lowest BCUT2D eigenvalue weighted by atomic mass is 9.90. The van der Waals surface area contributed by atoms with Crippen LogP contribution < -0.4 is 10.6 Å². The number of anilines is 2. The molecular formula is C57H65BBrN11O7Si. The van der Waals surface area contributed by atoms with E-state index in [0.29, 0.717) is 73.2 Å². The van der Waals surface area contributed by atoms with Crippen LogP contribution in [0, 0.1) is 22.7 Å². The standard InChI is InChI=1S/C25H27BrN6O2Si.C22H19N5O2.C10H19BO3/c1-35(2,3)10-9-34-17-32-23-8-7-20(26)12-22(23)24(30-32)25(33)29-21-14-28-31(16-21)15-19-6-4-5-18(11-19)13-27;23-10-16-2-1-3-17(8-16)13-27-14-19(12-25-27)26-22(29)21-20-9-15(6-7-28)4-5-18(20)11-24-21;1-6-12-8-7-11-13-9(2,3)10(4,5)14-11/h4-8,11-12,14,16H,9-10,15,17H2,1-3H3,(H,29,33);1-5,8-9,12,14,28H,6-7,11,13H2,(H,26,29);7-8H,6H2,1-5H3/b;;8-7+. The highest BCUT2D eigenvalue weighted by atomic mass is 79.9. The number of halogens is 1. The Kier molecular flexibility index (Phi) is 19.6. The zero-order valence-corrected chi connectivity index (χ0v) is 47.9. The van der Waals surface area contributed by atoms with Gasteiger partial charge in [0.05, 0.1) is 96.3 Å². The first-order valence-electron chi connectivity index (χ1n) is 25.6. The monoisotopic (exact) mass is 1130 g/mol. The van der Waals surface area contributed by atoms with Gasteiger partial charge in [-0.05, 0) is 124 Å². The van der Waals surface area contributed by atoms with Gasteiger partial charge in [0.15, 0.2) is 5.69 Å². The van der Waals surface area contributed by atoms with Crippen molar-refractivity contribution >= 4 is 70.9 Å². The predicted molar refractivity (Wildman–Crippen MR) is 307 cm³/mol. The van der Waals surface area contributed by atoms with E-state index in [2.05, 4.69) is 78.6 Å². The van der Waals surface area contributed by atoms with E-state index in [-0.39, 0.29) is 43.5 Å². The van der Waals surface area contributed by atoms with Gasteiger partial charge >= 0.3 is 7.12 Å². The van der Waals surface area contributed by atoms with E-state index in [1.165, 1.54) is 0 Å². The number of carbonyl (C=O) groups excluding carboxylic acids is 2. The van der Waals surface area contributed by atoms with Crippen molar-refractivity contribution in [3.8, 4) is 12.1 Å². The van der Waals surface area contributed by atoms with E-state index in [0.717, 1.165) is 49.2 Å². The number of nitrogens with zero attached hydrogens (tertiary/aromatic N) is 9. The SMILES string of the molecule is CCO/C=C/B1OC(C)(C)C(C)(C)O1.C[Si](C)(C)CCOCn1nc(C(=O)Nc2cnn(Cc3cccc(C#N)c3)c2)c2cc(Br)ccc21.N#Cc1cccc(Cn2cc(NC(=O)C3=NCc4ccc(CCO)cc43)cn2)c1. The van der Waals surface area contributed by atoms with E-state index in [9.17, 15) is 9.59 Å². The smallest absolute Gasteiger partial charge is 0.490 e. The number of fused-ring (bicyclic) bond motifs is 2.